The Morgan fingerprint density at radius 1 is 0.971 bits per heavy atom. The van der Waals surface area contributed by atoms with E-state index in [4.69, 9.17) is 5.73 Å². The standard InChI is InChI=1S/C27H25N5O2S/c1-16-12-21(13-17(2)29-16)19-4-3-5-20(14-19)23-15-35-27(30-23)31-25(33)24-10-11-32(24)26(34)18-6-8-22(28)9-7-18/h3-9,12-15,24H,10-11,28H2,1-2H3,(H,30,31,33). The van der Waals surface area contributed by atoms with Crippen LogP contribution < -0.4 is 11.1 Å². The van der Waals surface area contributed by atoms with E-state index in [-0.39, 0.29) is 11.8 Å². The number of aryl methyl sites for hydroxylation is 2. The molecule has 35 heavy (non-hydrogen) atoms. The minimum absolute atomic E-state index is 0.172. The largest absolute Gasteiger partial charge is 0.399 e. The molecule has 0 radical (unpaired) electrons. The van der Waals surface area contributed by atoms with Crippen molar-refractivity contribution in [3.63, 3.8) is 0 Å². The van der Waals surface area contributed by atoms with Gasteiger partial charge in [-0.2, -0.15) is 0 Å². The van der Waals surface area contributed by atoms with Crippen LogP contribution in [0, 0.1) is 13.8 Å². The van der Waals surface area contributed by atoms with Crippen molar-refractivity contribution in [3.05, 3.63) is 83.0 Å². The Morgan fingerprint density at radius 3 is 2.37 bits per heavy atom. The molecule has 0 aliphatic carbocycles. The van der Waals surface area contributed by atoms with Crippen LogP contribution in [0.15, 0.2) is 66.0 Å². The first-order valence-electron chi connectivity index (χ1n) is 11.4. The fourth-order valence-corrected chi connectivity index (χ4v) is 4.93. The summed E-state index contributed by atoms with van der Waals surface area (Å²) in [5.74, 6) is -0.396. The summed E-state index contributed by atoms with van der Waals surface area (Å²) in [7, 11) is 0. The van der Waals surface area contributed by atoms with Gasteiger partial charge < -0.3 is 16.0 Å². The van der Waals surface area contributed by atoms with E-state index >= 15 is 0 Å². The van der Waals surface area contributed by atoms with Gasteiger partial charge in [-0.3, -0.25) is 14.6 Å². The fourth-order valence-electron chi connectivity index (χ4n) is 4.21. The van der Waals surface area contributed by atoms with Gasteiger partial charge in [-0.15, -0.1) is 11.3 Å². The predicted octanol–water partition coefficient (Wildman–Crippen LogP) is 4.92. The molecule has 2 amide bonds. The van der Waals surface area contributed by atoms with Gasteiger partial charge in [0.1, 0.15) is 6.04 Å². The first-order valence-corrected chi connectivity index (χ1v) is 12.2. The van der Waals surface area contributed by atoms with Gasteiger partial charge in [0.25, 0.3) is 5.91 Å². The number of anilines is 2. The summed E-state index contributed by atoms with van der Waals surface area (Å²) in [6.45, 7) is 4.52. The zero-order valence-corrected chi connectivity index (χ0v) is 20.3. The van der Waals surface area contributed by atoms with E-state index in [0.717, 1.165) is 33.8 Å². The summed E-state index contributed by atoms with van der Waals surface area (Å²) in [5, 5.41) is 5.33. The molecule has 176 valence electrons. The quantitative estimate of drug-likeness (QED) is 0.392. The van der Waals surface area contributed by atoms with Gasteiger partial charge in [0.15, 0.2) is 5.13 Å². The summed E-state index contributed by atoms with van der Waals surface area (Å²) in [5.41, 5.74) is 12.7. The topological polar surface area (TPSA) is 101 Å². The van der Waals surface area contributed by atoms with Crippen molar-refractivity contribution in [3.8, 4) is 22.4 Å². The number of carbonyl (C=O) groups excluding carboxylic acids is 2. The summed E-state index contributed by atoms with van der Waals surface area (Å²) in [4.78, 5) is 36.3. The van der Waals surface area contributed by atoms with Crippen LogP contribution in [0.25, 0.3) is 22.4 Å². The second-order valence-corrected chi connectivity index (χ2v) is 9.53. The molecule has 1 unspecified atom stereocenters. The number of nitrogens with two attached hydrogens (primary N) is 1. The minimum Gasteiger partial charge on any atom is -0.399 e. The lowest BCUT2D eigenvalue weighted by molar-refractivity contribution is -0.123. The van der Waals surface area contributed by atoms with Crippen LogP contribution in [0.3, 0.4) is 0 Å². The maximum Gasteiger partial charge on any atom is 0.254 e. The third-order valence-corrected chi connectivity index (χ3v) is 6.81. The second-order valence-electron chi connectivity index (χ2n) is 8.67. The molecule has 3 N–H and O–H groups in total. The number of aromatic nitrogens is 2. The Balaban J connectivity index is 1.28. The number of hydrogen-bond acceptors (Lipinski definition) is 6. The molecule has 7 nitrogen and oxygen atoms in total. The number of rotatable bonds is 5. The summed E-state index contributed by atoms with van der Waals surface area (Å²) >= 11 is 1.37. The number of carbonyl (C=O) groups is 2. The molecule has 1 saturated heterocycles. The van der Waals surface area contributed by atoms with Crippen LogP contribution in [-0.2, 0) is 4.79 Å². The van der Waals surface area contributed by atoms with E-state index in [1.807, 2.05) is 31.4 Å². The molecule has 2 aromatic heterocycles. The van der Waals surface area contributed by atoms with Crippen LogP contribution in [0.4, 0.5) is 10.8 Å². The predicted molar refractivity (Wildman–Crippen MR) is 139 cm³/mol. The fraction of sp³-hybridized carbons (Fsp3) is 0.185. The van der Waals surface area contributed by atoms with Crippen LogP contribution >= 0.6 is 11.3 Å². The first kappa shape index (κ1) is 22.7. The Kier molecular flexibility index (Phi) is 6.05. The maximum atomic E-state index is 12.9. The van der Waals surface area contributed by atoms with Crippen LogP contribution in [0.2, 0.25) is 0 Å². The molecular weight excluding hydrogens is 458 g/mol. The highest BCUT2D eigenvalue weighted by atomic mass is 32.1. The van der Waals surface area contributed by atoms with E-state index in [9.17, 15) is 9.59 Å². The number of hydrogen-bond donors (Lipinski definition) is 2. The molecule has 1 aliphatic heterocycles. The molecule has 0 bridgehead atoms. The number of nitrogens with one attached hydrogen (secondary N) is 1. The molecule has 3 heterocycles. The van der Waals surface area contributed by atoms with E-state index in [0.29, 0.717) is 29.3 Å². The van der Waals surface area contributed by atoms with Crippen LogP contribution in [0.1, 0.15) is 28.2 Å². The van der Waals surface area contributed by atoms with Gasteiger partial charge in [-0.1, -0.05) is 18.2 Å². The van der Waals surface area contributed by atoms with E-state index < -0.39 is 6.04 Å². The SMILES string of the molecule is Cc1cc(-c2cccc(-c3csc(NC(=O)C4CCN4C(=O)c4ccc(N)cc4)n3)c2)cc(C)n1. The lowest BCUT2D eigenvalue weighted by Gasteiger charge is -2.39. The van der Waals surface area contributed by atoms with Gasteiger partial charge in [0.05, 0.1) is 5.69 Å². The number of thiazole rings is 1. The van der Waals surface area contributed by atoms with E-state index in [1.165, 1.54) is 11.3 Å². The first-order chi connectivity index (χ1) is 16.9. The molecule has 2 aromatic carbocycles. The number of nitrogens with zero attached hydrogens (tertiary/aromatic N) is 3. The molecule has 1 fully saturated rings. The third-order valence-electron chi connectivity index (χ3n) is 6.05. The van der Waals surface area contributed by atoms with E-state index in [1.54, 1.807) is 29.2 Å². The molecule has 1 atom stereocenters. The highest BCUT2D eigenvalue weighted by molar-refractivity contribution is 7.14. The number of pyridine rings is 1. The van der Waals surface area contributed by atoms with Crippen molar-refractivity contribution in [1.29, 1.82) is 0 Å². The number of benzene rings is 2. The maximum absolute atomic E-state index is 12.9. The lowest BCUT2D eigenvalue weighted by atomic mass is 10.00. The molecule has 1 aliphatic rings. The number of nitrogen functional groups attached to an aromatic ring is 1. The van der Waals surface area contributed by atoms with Crippen molar-refractivity contribution in [1.82, 2.24) is 14.9 Å². The summed E-state index contributed by atoms with van der Waals surface area (Å²) < 4.78 is 0. The lowest BCUT2D eigenvalue weighted by Crippen LogP contribution is -2.56. The second kappa shape index (κ2) is 9.31. The monoisotopic (exact) mass is 483 g/mol. The van der Waals surface area contributed by atoms with Crippen molar-refractivity contribution in [2.24, 2.45) is 0 Å². The molecular formula is C27H25N5O2S. The molecule has 0 spiro atoms. The zero-order chi connectivity index (χ0) is 24.5. The van der Waals surface area contributed by atoms with Crippen LogP contribution in [-0.4, -0.2) is 39.3 Å². The highest BCUT2D eigenvalue weighted by Crippen LogP contribution is 2.30. The Labute approximate surface area is 207 Å². The average molecular weight is 484 g/mol. The van der Waals surface area contributed by atoms with Gasteiger partial charge >= 0.3 is 0 Å². The summed E-state index contributed by atoms with van der Waals surface area (Å²) in [6, 6.07) is 18.5. The Bertz CT molecular complexity index is 1390. The smallest absolute Gasteiger partial charge is 0.254 e. The Hall–Kier alpha value is -4.04. The Morgan fingerprint density at radius 2 is 1.69 bits per heavy atom. The molecule has 5 rings (SSSR count). The van der Waals surface area contributed by atoms with Crippen molar-refractivity contribution < 1.29 is 9.59 Å². The molecule has 4 aromatic rings. The summed E-state index contributed by atoms with van der Waals surface area (Å²) in [6.07, 6.45) is 0.623. The van der Waals surface area contributed by atoms with Gasteiger partial charge in [-0.25, -0.2) is 4.98 Å². The average Bonchev–Trinajstić information content (AvgIpc) is 3.26. The minimum atomic E-state index is -0.506. The van der Waals surface area contributed by atoms with Gasteiger partial charge in [0.2, 0.25) is 5.91 Å². The van der Waals surface area contributed by atoms with Crippen LogP contribution in [0.5, 0.6) is 0 Å². The highest BCUT2D eigenvalue weighted by Gasteiger charge is 2.38. The third kappa shape index (κ3) is 4.79. The van der Waals surface area contributed by atoms with Crippen molar-refractivity contribution >= 4 is 34.0 Å². The zero-order valence-electron chi connectivity index (χ0n) is 19.5. The number of amides is 2. The molecule has 8 heteroatoms. The van der Waals surface area contributed by atoms with Crippen molar-refractivity contribution in [2.75, 3.05) is 17.6 Å². The van der Waals surface area contributed by atoms with Gasteiger partial charge in [0, 0.05) is 40.1 Å². The van der Waals surface area contributed by atoms with Crippen molar-refractivity contribution in [2.45, 2.75) is 26.3 Å². The molecule has 0 saturated carbocycles. The normalized spacial score (nSPS) is 14.9. The van der Waals surface area contributed by atoms with Gasteiger partial charge in [-0.05, 0) is 73.9 Å². The van der Waals surface area contributed by atoms with E-state index in [2.05, 4.69) is 39.6 Å². The number of likely N-dealkylation sites (tertiary alicyclic amines) is 1.